The summed E-state index contributed by atoms with van der Waals surface area (Å²) in [5, 5.41) is 20.7. The molecule has 4 N–H and O–H groups in total. The van der Waals surface area contributed by atoms with Crippen molar-refractivity contribution >= 4 is 22.5 Å². The molecule has 7 nitrogen and oxygen atoms in total. The van der Waals surface area contributed by atoms with Crippen molar-refractivity contribution in [2.45, 2.75) is 25.7 Å². The third kappa shape index (κ3) is 4.23. The predicted molar refractivity (Wildman–Crippen MR) is 108 cm³/mol. The molecule has 3 aromatic rings. The topological polar surface area (TPSA) is 117 Å². The maximum atomic E-state index is 12.6. The van der Waals surface area contributed by atoms with Crippen molar-refractivity contribution in [1.82, 2.24) is 15.5 Å². The number of nitrogens with zero attached hydrogens (tertiary/aromatic N) is 2. The highest BCUT2D eigenvalue weighted by Gasteiger charge is 2.13. The predicted octanol–water partition coefficient (Wildman–Crippen LogP) is 3.17. The summed E-state index contributed by atoms with van der Waals surface area (Å²) in [6, 6.07) is 13.7. The summed E-state index contributed by atoms with van der Waals surface area (Å²) >= 11 is 0. The highest BCUT2D eigenvalue weighted by atomic mass is 16.5. The van der Waals surface area contributed by atoms with Crippen molar-refractivity contribution in [1.29, 1.82) is 5.26 Å². The van der Waals surface area contributed by atoms with E-state index < -0.39 is 0 Å². The molecule has 0 unspecified atom stereocenters. The normalized spacial score (nSPS) is 10.6. The fourth-order valence-corrected chi connectivity index (χ4v) is 3.17. The molecule has 0 aliphatic heterocycles. The van der Waals surface area contributed by atoms with E-state index in [4.69, 9.17) is 15.7 Å². The summed E-state index contributed by atoms with van der Waals surface area (Å²) in [7, 11) is 1.57. The van der Waals surface area contributed by atoms with Crippen molar-refractivity contribution in [3.8, 4) is 11.8 Å². The van der Waals surface area contributed by atoms with Crippen LogP contribution < -0.4 is 15.8 Å². The minimum Gasteiger partial charge on any atom is -0.496 e. The fraction of sp³-hybridized carbons (Fsp3) is 0.286. The monoisotopic (exact) mass is 377 g/mol. The molecule has 28 heavy (non-hydrogen) atoms. The molecule has 0 bridgehead atoms. The maximum Gasteiger partial charge on any atom is 0.255 e. The van der Waals surface area contributed by atoms with Crippen LogP contribution in [-0.2, 0) is 6.42 Å². The first-order valence-electron chi connectivity index (χ1n) is 9.22. The van der Waals surface area contributed by atoms with Gasteiger partial charge >= 0.3 is 0 Å². The number of carbonyl (C=O) groups excluding carboxylic acids is 1. The van der Waals surface area contributed by atoms with Gasteiger partial charge in [-0.1, -0.05) is 30.7 Å². The Morgan fingerprint density at radius 3 is 2.71 bits per heavy atom. The number of rotatable bonds is 8. The summed E-state index contributed by atoms with van der Waals surface area (Å²) in [4.78, 5) is 12.6. The number of nitriles is 1. The summed E-state index contributed by atoms with van der Waals surface area (Å²) in [6.45, 7) is 0.574. The molecular weight excluding hydrogens is 354 g/mol. The summed E-state index contributed by atoms with van der Waals surface area (Å²) < 4.78 is 5.39. The van der Waals surface area contributed by atoms with Gasteiger partial charge in [-0.15, -0.1) is 0 Å². The number of benzene rings is 2. The summed E-state index contributed by atoms with van der Waals surface area (Å²) in [5.41, 5.74) is 7.36. The number of unbranched alkanes of at least 4 members (excludes halogenated alkanes) is 2. The van der Waals surface area contributed by atoms with Gasteiger partial charge in [0.25, 0.3) is 5.91 Å². The number of carbonyl (C=O) groups is 1. The molecule has 0 saturated heterocycles. The molecule has 0 fully saturated rings. The van der Waals surface area contributed by atoms with E-state index in [2.05, 4.69) is 21.6 Å². The molecule has 0 spiro atoms. The molecule has 1 heterocycles. The zero-order chi connectivity index (χ0) is 19.9. The Labute approximate surface area is 163 Å². The maximum absolute atomic E-state index is 12.6. The number of nitrogens with two attached hydrogens (primary N) is 1. The molecule has 0 saturated carbocycles. The second kappa shape index (κ2) is 8.91. The quantitative estimate of drug-likeness (QED) is 0.521. The van der Waals surface area contributed by atoms with Gasteiger partial charge in [-0.05, 0) is 42.2 Å². The number of aromatic amines is 1. The zero-order valence-corrected chi connectivity index (χ0v) is 15.8. The van der Waals surface area contributed by atoms with E-state index in [0.717, 1.165) is 35.7 Å². The lowest BCUT2D eigenvalue weighted by Gasteiger charge is -2.11. The Hall–Kier alpha value is -3.53. The first kappa shape index (κ1) is 19.2. The lowest BCUT2D eigenvalue weighted by Crippen LogP contribution is -2.25. The van der Waals surface area contributed by atoms with Gasteiger partial charge in [0.2, 0.25) is 0 Å². The van der Waals surface area contributed by atoms with E-state index in [1.807, 2.05) is 36.4 Å². The number of nitrogens with one attached hydrogen (secondary N) is 2. The number of amides is 1. The summed E-state index contributed by atoms with van der Waals surface area (Å²) in [6.07, 6.45) is 3.34. The first-order valence-corrected chi connectivity index (χ1v) is 9.22. The number of aromatic nitrogens is 2. The number of hydrogen-bond donors (Lipinski definition) is 3. The van der Waals surface area contributed by atoms with E-state index in [1.165, 1.54) is 0 Å². The van der Waals surface area contributed by atoms with Crippen molar-refractivity contribution in [2.75, 3.05) is 19.4 Å². The zero-order valence-electron chi connectivity index (χ0n) is 15.8. The van der Waals surface area contributed by atoms with Crippen LogP contribution in [-0.4, -0.2) is 29.8 Å². The SMILES string of the molecule is COc1cc2ccccc2cc1C(=O)NCCCCCc1[nH]nc(N)c1C#N. The smallest absolute Gasteiger partial charge is 0.255 e. The standard InChI is InChI=1S/C21H23N5O2/c1-28-19-12-15-8-5-4-7-14(15)11-16(19)21(27)24-10-6-2-3-9-18-17(13-22)20(23)26-25-18/h4-5,7-8,11-12H,2-3,6,9-10H2,1H3,(H,24,27)(H3,23,25,26). The second-order valence-corrected chi connectivity index (χ2v) is 6.54. The van der Waals surface area contributed by atoms with E-state index in [9.17, 15) is 4.79 Å². The largest absolute Gasteiger partial charge is 0.496 e. The minimum absolute atomic E-state index is 0.143. The van der Waals surface area contributed by atoms with Gasteiger partial charge in [-0.2, -0.15) is 10.4 Å². The van der Waals surface area contributed by atoms with Gasteiger partial charge in [0.1, 0.15) is 17.4 Å². The van der Waals surface area contributed by atoms with Gasteiger partial charge in [0.05, 0.1) is 18.4 Å². The molecule has 1 amide bonds. The van der Waals surface area contributed by atoms with Gasteiger partial charge in [0, 0.05) is 6.54 Å². The first-order chi connectivity index (χ1) is 13.6. The van der Waals surface area contributed by atoms with Gasteiger partial charge in [0.15, 0.2) is 5.82 Å². The Bertz CT molecular complexity index is 1020. The minimum atomic E-state index is -0.143. The van der Waals surface area contributed by atoms with Crippen LogP contribution in [0.2, 0.25) is 0 Å². The van der Waals surface area contributed by atoms with E-state index in [1.54, 1.807) is 7.11 Å². The number of fused-ring (bicyclic) bond motifs is 1. The number of H-pyrrole nitrogens is 1. The number of aryl methyl sites for hydroxylation is 1. The third-order valence-electron chi connectivity index (χ3n) is 4.68. The van der Waals surface area contributed by atoms with Crippen molar-refractivity contribution in [3.63, 3.8) is 0 Å². The van der Waals surface area contributed by atoms with Crippen LogP contribution in [0.5, 0.6) is 5.75 Å². The van der Waals surface area contributed by atoms with Crippen LogP contribution in [0.3, 0.4) is 0 Å². The van der Waals surface area contributed by atoms with Crippen LogP contribution >= 0.6 is 0 Å². The van der Waals surface area contributed by atoms with Gasteiger partial charge < -0.3 is 15.8 Å². The lowest BCUT2D eigenvalue weighted by atomic mass is 10.1. The Morgan fingerprint density at radius 2 is 2.00 bits per heavy atom. The van der Waals surface area contributed by atoms with Crippen molar-refractivity contribution in [2.24, 2.45) is 0 Å². The summed E-state index contributed by atoms with van der Waals surface area (Å²) in [5.74, 6) is 0.668. The second-order valence-electron chi connectivity index (χ2n) is 6.54. The average molecular weight is 377 g/mol. The molecule has 0 aliphatic carbocycles. The molecule has 7 heteroatoms. The number of ether oxygens (including phenoxy) is 1. The van der Waals surface area contributed by atoms with Crippen molar-refractivity contribution in [3.05, 3.63) is 53.2 Å². The molecule has 144 valence electrons. The number of hydrogen-bond acceptors (Lipinski definition) is 5. The number of anilines is 1. The number of methoxy groups -OCH3 is 1. The van der Waals surface area contributed by atoms with Gasteiger partial charge in [-0.25, -0.2) is 0 Å². The molecular formula is C21H23N5O2. The van der Waals surface area contributed by atoms with E-state index in [-0.39, 0.29) is 11.7 Å². The Kier molecular flexibility index (Phi) is 6.12. The Morgan fingerprint density at radius 1 is 1.25 bits per heavy atom. The highest BCUT2D eigenvalue weighted by Crippen LogP contribution is 2.25. The van der Waals surface area contributed by atoms with Crippen molar-refractivity contribution < 1.29 is 9.53 Å². The average Bonchev–Trinajstić information content (AvgIpc) is 3.08. The van der Waals surface area contributed by atoms with Crippen LogP contribution in [0.15, 0.2) is 36.4 Å². The number of nitrogen functional groups attached to an aromatic ring is 1. The molecule has 0 atom stereocenters. The molecule has 2 aromatic carbocycles. The fourth-order valence-electron chi connectivity index (χ4n) is 3.17. The third-order valence-corrected chi connectivity index (χ3v) is 4.68. The molecule has 1 aromatic heterocycles. The molecule has 3 rings (SSSR count). The van der Waals surface area contributed by atoms with Crippen LogP contribution in [0.1, 0.15) is 40.9 Å². The van der Waals surface area contributed by atoms with E-state index >= 15 is 0 Å². The highest BCUT2D eigenvalue weighted by molar-refractivity contribution is 6.01. The van der Waals surface area contributed by atoms with Gasteiger partial charge in [-0.3, -0.25) is 9.89 Å². The molecule has 0 aliphatic rings. The lowest BCUT2D eigenvalue weighted by molar-refractivity contribution is 0.0950. The van der Waals surface area contributed by atoms with E-state index in [0.29, 0.717) is 29.8 Å². The Balaban J connectivity index is 1.49. The van der Waals surface area contributed by atoms with Crippen LogP contribution in [0.25, 0.3) is 10.8 Å². The van der Waals surface area contributed by atoms with Crippen LogP contribution in [0, 0.1) is 11.3 Å². The molecule has 0 radical (unpaired) electrons. The van der Waals surface area contributed by atoms with Crippen LogP contribution in [0.4, 0.5) is 5.82 Å².